The fourth-order valence-corrected chi connectivity index (χ4v) is 2.65. The highest BCUT2D eigenvalue weighted by Gasteiger charge is 2.06. The lowest BCUT2D eigenvalue weighted by atomic mass is 10.3. The quantitative estimate of drug-likeness (QED) is 0.600. The summed E-state index contributed by atoms with van der Waals surface area (Å²) in [4.78, 5) is 3.51. The molecule has 96 valence electrons. The Labute approximate surface area is 108 Å². The van der Waals surface area contributed by atoms with Crippen LogP contribution in [0.25, 0.3) is 0 Å². The number of para-hydroxylation sites is 1. The van der Waals surface area contributed by atoms with E-state index in [4.69, 9.17) is 10.5 Å². The van der Waals surface area contributed by atoms with E-state index in [1.807, 2.05) is 18.2 Å². The first-order valence-electron chi connectivity index (χ1n) is 6.00. The standard InChI is InChI=1S/C13H22N2OS/c1-4-15(5-2)9-10-17-12-8-6-7-11(16-3)13(12)14/h6-8H,4-5,9-10,14H2,1-3H3. The Hall–Kier alpha value is -0.870. The number of rotatable bonds is 7. The van der Waals surface area contributed by atoms with Gasteiger partial charge < -0.3 is 15.4 Å². The zero-order chi connectivity index (χ0) is 12.7. The third kappa shape index (κ3) is 4.13. The van der Waals surface area contributed by atoms with Crippen LogP contribution in [0.1, 0.15) is 13.8 Å². The molecule has 0 bridgehead atoms. The lowest BCUT2D eigenvalue weighted by Crippen LogP contribution is -2.25. The van der Waals surface area contributed by atoms with Crippen LogP contribution in [0.3, 0.4) is 0 Å². The smallest absolute Gasteiger partial charge is 0.142 e. The van der Waals surface area contributed by atoms with Gasteiger partial charge in [0.2, 0.25) is 0 Å². The van der Waals surface area contributed by atoms with E-state index < -0.39 is 0 Å². The van der Waals surface area contributed by atoms with Crippen LogP contribution in [0.15, 0.2) is 23.1 Å². The highest BCUT2D eigenvalue weighted by atomic mass is 32.2. The summed E-state index contributed by atoms with van der Waals surface area (Å²) in [5, 5.41) is 0. The predicted octanol–water partition coefficient (Wildman–Crippen LogP) is 2.71. The van der Waals surface area contributed by atoms with E-state index in [1.165, 1.54) is 0 Å². The molecule has 3 nitrogen and oxygen atoms in total. The highest BCUT2D eigenvalue weighted by molar-refractivity contribution is 7.99. The zero-order valence-electron chi connectivity index (χ0n) is 10.9. The maximum absolute atomic E-state index is 6.02. The summed E-state index contributed by atoms with van der Waals surface area (Å²) < 4.78 is 5.21. The van der Waals surface area contributed by atoms with E-state index in [0.717, 1.165) is 41.7 Å². The van der Waals surface area contributed by atoms with Crippen LogP contribution in [0.4, 0.5) is 5.69 Å². The van der Waals surface area contributed by atoms with Gasteiger partial charge in [-0.15, -0.1) is 11.8 Å². The van der Waals surface area contributed by atoms with Crippen LogP contribution in [0.2, 0.25) is 0 Å². The Balaban J connectivity index is 2.52. The molecule has 2 N–H and O–H groups in total. The predicted molar refractivity (Wildman–Crippen MR) is 75.9 cm³/mol. The number of anilines is 1. The number of methoxy groups -OCH3 is 1. The molecule has 0 saturated heterocycles. The van der Waals surface area contributed by atoms with Crippen molar-refractivity contribution in [1.82, 2.24) is 4.90 Å². The Bertz CT molecular complexity index is 340. The molecule has 1 rings (SSSR count). The van der Waals surface area contributed by atoms with Crippen molar-refractivity contribution in [3.8, 4) is 5.75 Å². The van der Waals surface area contributed by atoms with Gasteiger partial charge in [-0.05, 0) is 25.2 Å². The number of nitrogen functional groups attached to an aromatic ring is 1. The summed E-state index contributed by atoms with van der Waals surface area (Å²) >= 11 is 1.79. The van der Waals surface area contributed by atoms with E-state index in [9.17, 15) is 0 Å². The maximum Gasteiger partial charge on any atom is 0.142 e. The molecule has 1 aromatic carbocycles. The molecule has 0 spiro atoms. The van der Waals surface area contributed by atoms with Crippen LogP contribution < -0.4 is 10.5 Å². The number of benzene rings is 1. The molecular formula is C13H22N2OS. The van der Waals surface area contributed by atoms with Gasteiger partial charge in [0.1, 0.15) is 5.75 Å². The van der Waals surface area contributed by atoms with Crippen LogP contribution in [-0.2, 0) is 0 Å². The number of ether oxygens (including phenoxy) is 1. The molecule has 0 aromatic heterocycles. The van der Waals surface area contributed by atoms with E-state index in [1.54, 1.807) is 18.9 Å². The van der Waals surface area contributed by atoms with E-state index in [-0.39, 0.29) is 0 Å². The summed E-state index contributed by atoms with van der Waals surface area (Å²) in [6.07, 6.45) is 0. The number of hydrogen-bond acceptors (Lipinski definition) is 4. The van der Waals surface area contributed by atoms with E-state index in [2.05, 4.69) is 18.7 Å². The van der Waals surface area contributed by atoms with Gasteiger partial charge in [0.25, 0.3) is 0 Å². The molecule has 0 unspecified atom stereocenters. The molecule has 0 amide bonds. The van der Waals surface area contributed by atoms with Gasteiger partial charge in [-0.25, -0.2) is 0 Å². The minimum Gasteiger partial charge on any atom is -0.495 e. The van der Waals surface area contributed by atoms with E-state index in [0.29, 0.717) is 0 Å². The monoisotopic (exact) mass is 254 g/mol. The van der Waals surface area contributed by atoms with Crippen LogP contribution in [-0.4, -0.2) is 37.4 Å². The Morgan fingerprint density at radius 2 is 2.00 bits per heavy atom. The van der Waals surface area contributed by atoms with Crippen LogP contribution in [0, 0.1) is 0 Å². The fraction of sp³-hybridized carbons (Fsp3) is 0.538. The molecule has 0 atom stereocenters. The van der Waals surface area contributed by atoms with Crippen molar-refractivity contribution in [1.29, 1.82) is 0 Å². The second-order valence-corrected chi connectivity index (χ2v) is 4.88. The van der Waals surface area contributed by atoms with Crippen molar-refractivity contribution < 1.29 is 4.74 Å². The highest BCUT2D eigenvalue weighted by Crippen LogP contribution is 2.32. The molecule has 0 saturated carbocycles. The second-order valence-electron chi connectivity index (χ2n) is 3.75. The molecule has 0 radical (unpaired) electrons. The summed E-state index contributed by atoms with van der Waals surface area (Å²) in [6.45, 7) is 7.67. The molecular weight excluding hydrogens is 232 g/mol. The minimum absolute atomic E-state index is 0.750. The third-order valence-electron chi connectivity index (χ3n) is 2.81. The van der Waals surface area contributed by atoms with Crippen LogP contribution in [0.5, 0.6) is 5.75 Å². The SMILES string of the molecule is CCN(CC)CCSc1cccc(OC)c1N. The topological polar surface area (TPSA) is 38.5 Å². The van der Waals surface area contributed by atoms with Crippen molar-refractivity contribution in [3.63, 3.8) is 0 Å². The largest absolute Gasteiger partial charge is 0.495 e. The maximum atomic E-state index is 6.02. The van der Waals surface area contributed by atoms with Crippen molar-refractivity contribution in [2.24, 2.45) is 0 Å². The Morgan fingerprint density at radius 3 is 2.59 bits per heavy atom. The normalized spacial score (nSPS) is 10.8. The second kappa shape index (κ2) is 7.45. The first-order chi connectivity index (χ1) is 8.22. The average molecular weight is 254 g/mol. The molecule has 0 heterocycles. The number of nitrogens with two attached hydrogens (primary N) is 1. The molecule has 17 heavy (non-hydrogen) atoms. The first-order valence-corrected chi connectivity index (χ1v) is 6.99. The summed E-state index contributed by atoms with van der Waals surface area (Å²) in [5.74, 6) is 1.82. The molecule has 0 aliphatic carbocycles. The fourth-order valence-electron chi connectivity index (χ4n) is 1.65. The van der Waals surface area contributed by atoms with Crippen molar-refractivity contribution in [2.75, 3.05) is 38.2 Å². The minimum atomic E-state index is 0.750. The van der Waals surface area contributed by atoms with Crippen molar-refractivity contribution >= 4 is 17.4 Å². The van der Waals surface area contributed by atoms with Gasteiger partial charge >= 0.3 is 0 Å². The summed E-state index contributed by atoms with van der Waals surface area (Å²) in [7, 11) is 1.65. The molecule has 0 aliphatic heterocycles. The number of thioether (sulfide) groups is 1. The Kier molecular flexibility index (Phi) is 6.22. The average Bonchev–Trinajstić information content (AvgIpc) is 2.36. The van der Waals surface area contributed by atoms with Crippen LogP contribution >= 0.6 is 11.8 Å². The molecule has 4 heteroatoms. The summed E-state index contributed by atoms with van der Waals surface area (Å²) in [5.41, 5.74) is 6.77. The van der Waals surface area contributed by atoms with E-state index >= 15 is 0 Å². The van der Waals surface area contributed by atoms with Gasteiger partial charge in [-0.1, -0.05) is 19.9 Å². The third-order valence-corrected chi connectivity index (χ3v) is 3.86. The van der Waals surface area contributed by atoms with Crippen molar-refractivity contribution in [3.05, 3.63) is 18.2 Å². The molecule has 0 fully saturated rings. The lowest BCUT2D eigenvalue weighted by Gasteiger charge is -2.17. The zero-order valence-corrected chi connectivity index (χ0v) is 11.7. The molecule has 1 aromatic rings. The Morgan fingerprint density at radius 1 is 1.29 bits per heavy atom. The first kappa shape index (κ1) is 14.2. The number of nitrogens with zero attached hydrogens (tertiary/aromatic N) is 1. The van der Waals surface area contributed by atoms with Crippen molar-refractivity contribution in [2.45, 2.75) is 18.7 Å². The van der Waals surface area contributed by atoms with Gasteiger partial charge in [0, 0.05) is 17.2 Å². The molecule has 0 aliphatic rings. The van der Waals surface area contributed by atoms with Gasteiger partial charge in [-0.3, -0.25) is 0 Å². The summed E-state index contributed by atoms with van der Waals surface area (Å²) in [6, 6.07) is 5.92. The lowest BCUT2D eigenvalue weighted by molar-refractivity contribution is 0.324. The number of hydrogen-bond donors (Lipinski definition) is 1. The van der Waals surface area contributed by atoms with Gasteiger partial charge in [-0.2, -0.15) is 0 Å². The van der Waals surface area contributed by atoms with Gasteiger partial charge in [0.15, 0.2) is 0 Å². The van der Waals surface area contributed by atoms with Gasteiger partial charge in [0.05, 0.1) is 12.8 Å².